The summed E-state index contributed by atoms with van der Waals surface area (Å²) in [7, 11) is 0. The van der Waals surface area contributed by atoms with Crippen LogP contribution in [0.5, 0.6) is 5.75 Å². The minimum absolute atomic E-state index is 0.157. The van der Waals surface area contributed by atoms with Crippen LogP contribution < -0.4 is 11.1 Å². The number of aromatic hydroxyl groups is 1. The van der Waals surface area contributed by atoms with Crippen LogP contribution in [-0.2, 0) is 0 Å². The highest BCUT2D eigenvalue weighted by Gasteiger charge is 2.13. The maximum atomic E-state index is 11.9. The van der Waals surface area contributed by atoms with Gasteiger partial charge in [-0.05, 0) is 42.5 Å². The number of anilines is 2. The van der Waals surface area contributed by atoms with Gasteiger partial charge in [0.25, 0.3) is 5.91 Å². The van der Waals surface area contributed by atoms with E-state index in [1.165, 1.54) is 12.1 Å². The molecule has 0 unspecified atom stereocenters. The summed E-state index contributed by atoms with van der Waals surface area (Å²) in [4.78, 5) is 22.7. The van der Waals surface area contributed by atoms with E-state index in [0.717, 1.165) is 6.07 Å². The van der Waals surface area contributed by atoms with E-state index in [2.05, 4.69) is 5.32 Å². The van der Waals surface area contributed by atoms with Crippen LogP contribution in [-0.4, -0.2) is 22.1 Å². The molecule has 1 amide bonds. The van der Waals surface area contributed by atoms with Gasteiger partial charge in [0.05, 0.1) is 0 Å². The van der Waals surface area contributed by atoms with Crippen LogP contribution in [0.3, 0.4) is 0 Å². The molecule has 0 radical (unpaired) electrons. The van der Waals surface area contributed by atoms with Crippen molar-refractivity contribution >= 4 is 23.3 Å². The summed E-state index contributed by atoms with van der Waals surface area (Å²) in [6.07, 6.45) is 0. The maximum absolute atomic E-state index is 11.9. The van der Waals surface area contributed by atoms with Gasteiger partial charge in [-0.25, -0.2) is 4.79 Å². The predicted molar refractivity (Wildman–Crippen MR) is 73.9 cm³/mol. The lowest BCUT2D eigenvalue weighted by molar-refractivity contribution is 0.0693. The van der Waals surface area contributed by atoms with E-state index >= 15 is 0 Å². The number of nitrogens with one attached hydrogen (secondary N) is 1. The fraction of sp³-hybridized carbons (Fsp3) is 0. The van der Waals surface area contributed by atoms with Crippen molar-refractivity contribution in [3.05, 3.63) is 53.6 Å². The summed E-state index contributed by atoms with van der Waals surface area (Å²) < 4.78 is 0. The number of nitrogens with two attached hydrogens (primary N) is 1. The number of hydrogen-bond acceptors (Lipinski definition) is 4. The second-order valence-corrected chi connectivity index (χ2v) is 4.11. The predicted octanol–water partition coefficient (Wildman–Crippen LogP) is 1.92. The highest BCUT2D eigenvalue weighted by atomic mass is 16.4. The summed E-state index contributed by atoms with van der Waals surface area (Å²) >= 11 is 0. The van der Waals surface area contributed by atoms with Gasteiger partial charge in [0.15, 0.2) is 0 Å². The molecule has 0 aliphatic heterocycles. The van der Waals surface area contributed by atoms with E-state index in [9.17, 15) is 14.7 Å². The highest BCUT2D eigenvalue weighted by molar-refractivity contribution is 6.05. The normalized spacial score (nSPS) is 10.0. The summed E-state index contributed by atoms with van der Waals surface area (Å²) in [6, 6.07) is 10.2. The van der Waals surface area contributed by atoms with Gasteiger partial charge in [-0.3, -0.25) is 4.79 Å². The topological polar surface area (TPSA) is 113 Å². The van der Waals surface area contributed by atoms with Crippen molar-refractivity contribution in [3.63, 3.8) is 0 Å². The summed E-state index contributed by atoms with van der Waals surface area (Å²) in [5, 5.41) is 20.9. The van der Waals surface area contributed by atoms with Gasteiger partial charge >= 0.3 is 5.97 Å². The Hall–Kier alpha value is -3.02. The van der Waals surface area contributed by atoms with Crippen LogP contribution in [0.1, 0.15) is 20.7 Å². The van der Waals surface area contributed by atoms with E-state index in [0.29, 0.717) is 11.4 Å². The molecule has 2 aromatic carbocycles. The Morgan fingerprint density at radius 3 is 2.25 bits per heavy atom. The highest BCUT2D eigenvalue weighted by Crippen LogP contribution is 2.20. The Morgan fingerprint density at radius 1 is 1.05 bits per heavy atom. The third-order valence-corrected chi connectivity index (χ3v) is 2.66. The zero-order valence-corrected chi connectivity index (χ0v) is 10.3. The standard InChI is InChI=1S/C14H12N2O4/c15-9-2-4-10(5-3-9)16-13(18)8-1-6-11(14(19)20)12(17)7-8/h1-7,17H,15H2,(H,16,18)(H,19,20). The number of phenols is 1. The number of carbonyl (C=O) groups excluding carboxylic acids is 1. The lowest BCUT2D eigenvalue weighted by atomic mass is 10.1. The molecular weight excluding hydrogens is 260 g/mol. The molecule has 0 spiro atoms. The lowest BCUT2D eigenvalue weighted by Gasteiger charge is -2.07. The van der Waals surface area contributed by atoms with Gasteiger partial charge in [0, 0.05) is 16.9 Å². The number of rotatable bonds is 3. The summed E-state index contributed by atoms with van der Waals surface area (Å²) in [6.45, 7) is 0. The van der Waals surface area contributed by atoms with Gasteiger partial charge in [-0.2, -0.15) is 0 Å². The SMILES string of the molecule is Nc1ccc(NC(=O)c2ccc(C(=O)O)c(O)c2)cc1. The molecule has 0 saturated carbocycles. The molecule has 0 atom stereocenters. The largest absolute Gasteiger partial charge is 0.507 e. The van der Waals surface area contributed by atoms with E-state index in [-0.39, 0.29) is 11.1 Å². The second kappa shape index (κ2) is 5.31. The van der Waals surface area contributed by atoms with Crippen molar-refractivity contribution in [2.24, 2.45) is 0 Å². The number of hydrogen-bond donors (Lipinski definition) is 4. The molecule has 5 N–H and O–H groups in total. The van der Waals surface area contributed by atoms with E-state index in [1.54, 1.807) is 24.3 Å². The molecule has 0 aromatic heterocycles. The molecule has 20 heavy (non-hydrogen) atoms. The Labute approximate surface area is 114 Å². The van der Waals surface area contributed by atoms with Crippen LogP contribution in [0.15, 0.2) is 42.5 Å². The zero-order chi connectivity index (χ0) is 14.7. The molecule has 0 aliphatic rings. The van der Waals surface area contributed by atoms with Crippen molar-refractivity contribution in [1.82, 2.24) is 0 Å². The molecule has 0 heterocycles. The molecule has 6 nitrogen and oxygen atoms in total. The average molecular weight is 272 g/mol. The Morgan fingerprint density at radius 2 is 1.70 bits per heavy atom. The molecule has 0 bridgehead atoms. The molecule has 0 saturated heterocycles. The molecular formula is C14H12N2O4. The first-order valence-electron chi connectivity index (χ1n) is 5.70. The van der Waals surface area contributed by atoms with Crippen LogP contribution >= 0.6 is 0 Å². The van der Waals surface area contributed by atoms with Crippen LogP contribution in [0.4, 0.5) is 11.4 Å². The zero-order valence-electron chi connectivity index (χ0n) is 10.3. The van der Waals surface area contributed by atoms with Gasteiger partial charge in [0.2, 0.25) is 0 Å². The van der Waals surface area contributed by atoms with Crippen LogP contribution in [0.25, 0.3) is 0 Å². The minimum Gasteiger partial charge on any atom is -0.507 e. The average Bonchev–Trinajstić information content (AvgIpc) is 2.40. The van der Waals surface area contributed by atoms with Gasteiger partial charge in [0.1, 0.15) is 11.3 Å². The van der Waals surface area contributed by atoms with Crippen molar-refractivity contribution in [1.29, 1.82) is 0 Å². The molecule has 2 rings (SSSR count). The van der Waals surface area contributed by atoms with Crippen molar-refractivity contribution < 1.29 is 19.8 Å². The lowest BCUT2D eigenvalue weighted by Crippen LogP contribution is -2.12. The van der Waals surface area contributed by atoms with Gasteiger partial charge in [-0.15, -0.1) is 0 Å². The number of aromatic carboxylic acids is 1. The fourth-order valence-electron chi connectivity index (χ4n) is 1.62. The quantitative estimate of drug-likeness (QED) is 0.638. The third-order valence-electron chi connectivity index (χ3n) is 2.66. The van der Waals surface area contributed by atoms with Crippen LogP contribution in [0.2, 0.25) is 0 Å². The number of carboxylic acids is 1. The van der Waals surface area contributed by atoms with Crippen molar-refractivity contribution in [2.45, 2.75) is 0 Å². The molecule has 6 heteroatoms. The monoisotopic (exact) mass is 272 g/mol. The minimum atomic E-state index is -1.26. The Bertz CT molecular complexity index is 665. The van der Waals surface area contributed by atoms with Crippen LogP contribution in [0, 0.1) is 0 Å². The molecule has 2 aromatic rings. The number of carbonyl (C=O) groups is 2. The third kappa shape index (κ3) is 2.86. The first kappa shape index (κ1) is 13.4. The molecule has 0 fully saturated rings. The smallest absolute Gasteiger partial charge is 0.339 e. The molecule has 0 aliphatic carbocycles. The van der Waals surface area contributed by atoms with E-state index in [1.807, 2.05) is 0 Å². The number of nitrogen functional groups attached to an aromatic ring is 1. The first-order chi connectivity index (χ1) is 9.47. The van der Waals surface area contributed by atoms with E-state index in [4.69, 9.17) is 10.8 Å². The second-order valence-electron chi connectivity index (χ2n) is 4.11. The number of benzene rings is 2. The van der Waals surface area contributed by atoms with Gasteiger partial charge < -0.3 is 21.3 Å². The molecule has 102 valence electrons. The van der Waals surface area contributed by atoms with E-state index < -0.39 is 17.6 Å². The number of amides is 1. The summed E-state index contributed by atoms with van der Waals surface area (Å²) in [5.74, 6) is -2.17. The summed E-state index contributed by atoms with van der Waals surface area (Å²) in [5.41, 5.74) is 6.56. The first-order valence-corrected chi connectivity index (χ1v) is 5.70. The van der Waals surface area contributed by atoms with Crippen molar-refractivity contribution in [3.8, 4) is 5.75 Å². The van der Waals surface area contributed by atoms with Crippen molar-refractivity contribution in [2.75, 3.05) is 11.1 Å². The maximum Gasteiger partial charge on any atom is 0.339 e. The Kier molecular flexibility index (Phi) is 3.56. The number of carboxylic acid groups (broad SMARTS) is 1. The van der Waals surface area contributed by atoms with Gasteiger partial charge in [-0.1, -0.05) is 0 Å². The Balaban J connectivity index is 2.19. The fourth-order valence-corrected chi connectivity index (χ4v) is 1.62.